The Morgan fingerprint density at radius 3 is 2.43 bits per heavy atom. The maximum Gasteiger partial charge on any atom is 0.247 e. The Morgan fingerprint density at radius 1 is 1.30 bits per heavy atom. The molecular weight excluding hydrogens is 310 g/mol. The smallest absolute Gasteiger partial charge is 0.247 e. The zero-order valence-electron chi connectivity index (χ0n) is 14.2. The highest BCUT2D eigenvalue weighted by atomic mass is 32.2. The molecule has 1 aromatic carbocycles. The van der Waals surface area contributed by atoms with Crippen molar-refractivity contribution in [1.82, 2.24) is 14.8 Å². The summed E-state index contributed by atoms with van der Waals surface area (Å²) in [6, 6.07) is 3.68. The van der Waals surface area contributed by atoms with Gasteiger partial charge in [0.05, 0.1) is 0 Å². The highest BCUT2D eigenvalue weighted by Gasteiger charge is 2.25. The number of nitrogens with zero attached hydrogens (tertiary/aromatic N) is 3. The van der Waals surface area contributed by atoms with Gasteiger partial charge in [-0.15, -0.1) is 10.2 Å². The lowest BCUT2D eigenvalue weighted by Crippen LogP contribution is -2.27. The van der Waals surface area contributed by atoms with Crippen LogP contribution in [0.2, 0.25) is 0 Å². The molecule has 0 fully saturated rings. The third kappa shape index (κ3) is 3.50. The summed E-state index contributed by atoms with van der Waals surface area (Å²) in [5.74, 6) is 0.151. The molecule has 3 N–H and O–H groups in total. The summed E-state index contributed by atoms with van der Waals surface area (Å²) in [5.41, 5.74) is 10.0. The summed E-state index contributed by atoms with van der Waals surface area (Å²) in [6.45, 7) is 7.99. The number of nitrogens with one attached hydrogen (secondary N) is 1. The maximum atomic E-state index is 12.8. The van der Waals surface area contributed by atoms with Crippen LogP contribution in [0.5, 0.6) is 0 Å². The van der Waals surface area contributed by atoms with Gasteiger partial charge >= 0.3 is 0 Å². The Kier molecular flexibility index (Phi) is 5.30. The molecule has 6 nitrogen and oxygen atoms in total. The minimum absolute atomic E-state index is 0.107. The van der Waals surface area contributed by atoms with Gasteiger partial charge in [-0.1, -0.05) is 36.4 Å². The van der Waals surface area contributed by atoms with E-state index in [9.17, 15) is 4.79 Å². The Balaban J connectivity index is 2.33. The SMILES string of the molecule is CC[C@@H](C(=O)Nc1c(C)cc(C)cc1C)n1c(N)nnc1SC. The number of nitrogens with two attached hydrogens (primary N) is 1. The van der Waals surface area contributed by atoms with Crippen LogP contribution in [0.15, 0.2) is 17.3 Å². The molecule has 23 heavy (non-hydrogen) atoms. The number of nitrogen functional groups attached to an aromatic ring is 1. The molecule has 0 aliphatic carbocycles. The van der Waals surface area contributed by atoms with E-state index in [4.69, 9.17) is 5.73 Å². The predicted molar refractivity (Wildman–Crippen MR) is 94.8 cm³/mol. The van der Waals surface area contributed by atoms with Crippen molar-refractivity contribution in [3.8, 4) is 0 Å². The summed E-state index contributed by atoms with van der Waals surface area (Å²) < 4.78 is 1.69. The van der Waals surface area contributed by atoms with Gasteiger partial charge in [0.1, 0.15) is 6.04 Å². The zero-order chi connectivity index (χ0) is 17.1. The summed E-state index contributed by atoms with van der Waals surface area (Å²) in [7, 11) is 0. The van der Waals surface area contributed by atoms with Crippen molar-refractivity contribution in [1.29, 1.82) is 0 Å². The van der Waals surface area contributed by atoms with E-state index in [1.807, 2.05) is 34.0 Å². The number of carbonyl (C=O) groups is 1. The second kappa shape index (κ2) is 7.04. The third-order valence-electron chi connectivity index (χ3n) is 3.80. The average Bonchev–Trinajstić information content (AvgIpc) is 2.85. The summed E-state index contributed by atoms with van der Waals surface area (Å²) in [5, 5.41) is 11.6. The molecule has 0 radical (unpaired) electrons. The Labute approximate surface area is 140 Å². The van der Waals surface area contributed by atoms with E-state index < -0.39 is 6.04 Å². The summed E-state index contributed by atoms with van der Waals surface area (Å²) >= 11 is 1.42. The van der Waals surface area contributed by atoms with E-state index in [1.165, 1.54) is 17.3 Å². The number of carbonyl (C=O) groups excluding carboxylic acids is 1. The van der Waals surface area contributed by atoms with Crippen molar-refractivity contribution < 1.29 is 4.79 Å². The minimum atomic E-state index is -0.437. The van der Waals surface area contributed by atoms with Crippen LogP contribution in [0, 0.1) is 20.8 Å². The van der Waals surface area contributed by atoms with Crippen LogP contribution in [0.25, 0.3) is 0 Å². The number of amides is 1. The van der Waals surface area contributed by atoms with E-state index in [0.29, 0.717) is 11.6 Å². The fourth-order valence-electron chi connectivity index (χ4n) is 2.79. The molecule has 1 aromatic heterocycles. The number of anilines is 2. The lowest BCUT2D eigenvalue weighted by Gasteiger charge is -2.20. The standard InChI is InChI=1S/C16H23N5OS/c1-6-12(21-15(17)19-20-16(21)23-5)14(22)18-13-10(3)7-9(2)8-11(13)4/h7-8,12H,6H2,1-5H3,(H2,17,19)(H,18,22)/t12-/m0/s1. The van der Waals surface area contributed by atoms with Gasteiger partial charge < -0.3 is 11.1 Å². The largest absolute Gasteiger partial charge is 0.368 e. The van der Waals surface area contributed by atoms with E-state index in [2.05, 4.69) is 27.6 Å². The van der Waals surface area contributed by atoms with E-state index in [-0.39, 0.29) is 11.9 Å². The highest BCUT2D eigenvalue weighted by molar-refractivity contribution is 7.98. The van der Waals surface area contributed by atoms with Crippen LogP contribution < -0.4 is 11.1 Å². The molecule has 124 valence electrons. The lowest BCUT2D eigenvalue weighted by atomic mass is 10.0. The number of hydrogen-bond acceptors (Lipinski definition) is 5. The molecule has 2 aromatic rings. The first-order valence-electron chi connectivity index (χ1n) is 7.52. The molecule has 0 bridgehead atoms. The number of aromatic nitrogens is 3. The van der Waals surface area contributed by atoms with Crippen LogP contribution in [-0.4, -0.2) is 26.9 Å². The van der Waals surface area contributed by atoms with Gasteiger partial charge in [0, 0.05) is 5.69 Å². The Morgan fingerprint density at radius 2 is 1.91 bits per heavy atom. The Bertz CT molecular complexity index is 702. The van der Waals surface area contributed by atoms with Crippen LogP contribution in [0.3, 0.4) is 0 Å². The quantitative estimate of drug-likeness (QED) is 0.821. The predicted octanol–water partition coefficient (Wildman–Crippen LogP) is 3.10. The topological polar surface area (TPSA) is 85.8 Å². The van der Waals surface area contributed by atoms with Crippen LogP contribution >= 0.6 is 11.8 Å². The fraction of sp³-hybridized carbons (Fsp3) is 0.438. The van der Waals surface area contributed by atoms with E-state index in [1.54, 1.807) is 4.57 Å². The first kappa shape index (κ1) is 17.3. The van der Waals surface area contributed by atoms with Crippen molar-refractivity contribution in [3.63, 3.8) is 0 Å². The monoisotopic (exact) mass is 333 g/mol. The number of aryl methyl sites for hydroxylation is 3. The van der Waals surface area contributed by atoms with E-state index >= 15 is 0 Å². The highest BCUT2D eigenvalue weighted by Crippen LogP contribution is 2.27. The second-order valence-corrected chi connectivity index (χ2v) is 6.38. The molecule has 7 heteroatoms. The Hall–Kier alpha value is -2.02. The number of benzene rings is 1. The number of rotatable bonds is 5. The molecule has 1 amide bonds. The van der Waals surface area contributed by atoms with Crippen molar-refractivity contribution in [2.24, 2.45) is 0 Å². The molecule has 1 heterocycles. The van der Waals surface area contributed by atoms with Crippen LogP contribution in [-0.2, 0) is 4.79 Å². The van der Waals surface area contributed by atoms with Gasteiger partial charge in [-0.2, -0.15) is 0 Å². The first-order valence-corrected chi connectivity index (χ1v) is 8.74. The van der Waals surface area contributed by atoms with Gasteiger partial charge in [-0.05, 0) is 44.6 Å². The molecule has 0 saturated heterocycles. The first-order chi connectivity index (χ1) is 10.9. The second-order valence-electron chi connectivity index (χ2n) is 5.60. The van der Waals surface area contributed by atoms with Crippen LogP contribution in [0.1, 0.15) is 36.1 Å². The van der Waals surface area contributed by atoms with Crippen molar-refractivity contribution >= 4 is 29.3 Å². The van der Waals surface area contributed by atoms with E-state index in [0.717, 1.165) is 16.8 Å². The van der Waals surface area contributed by atoms with Crippen molar-refractivity contribution in [2.45, 2.75) is 45.3 Å². The normalized spacial score (nSPS) is 12.2. The molecule has 2 rings (SSSR count). The average molecular weight is 333 g/mol. The lowest BCUT2D eigenvalue weighted by molar-refractivity contribution is -0.119. The molecule has 0 aliphatic rings. The third-order valence-corrected chi connectivity index (χ3v) is 4.44. The fourth-order valence-corrected chi connectivity index (χ4v) is 3.33. The number of thioether (sulfide) groups is 1. The van der Waals surface area contributed by atoms with Gasteiger partial charge in [0.2, 0.25) is 11.9 Å². The van der Waals surface area contributed by atoms with Crippen molar-refractivity contribution in [3.05, 3.63) is 28.8 Å². The van der Waals surface area contributed by atoms with Gasteiger partial charge in [0.25, 0.3) is 0 Å². The molecular formula is C16H23N5OS. The van der Waals surface area contributed by atoms with Crippen LogP contribution in [0.4, 0.5) is 11.6 Å². The minimum Gasteiger partial charge on any atom is -0.368 e. The molecule has 1 atom stereocenters. The van der Waals surface area contributed by atoms with Gasteiger partial charge in [-0.25, -0.2) is 0 Å². The van der Waals surface area contributed by atoms with Crippen molar-refractivity contribution in [2.75, 3.05) is 17.3 Å². The number of hydrogen-bond donors (Lipinski definition) is 2. The molecule has 0 saturated carbocycles. The van der Waals surface area contributed by atoms with Gasteiger partial charge in [-0.3, -0.25) is 9.36 Å². The summed E-state index contributed by atoms with van der Waals surface area (Å²) in [4.78, 5) is 12.8. The zero-order valence-corrected chi connectivity index (χ0v) is 15.0. The molecule has 0 aliphatic heterocycles. The summed E-state index contributed by atoms with van der Waals surface area (Å²) in [6.07, 6.45) is 2.49. The van der Waals surface area contributed by atoms with Gasteiger partial charge in [0.15, 0.2) is 5.16 Å². The molecule has 0 unspecified atom stereocenters. The molecule has 0 spiro atoms. The maximum absolute atomic E-state index is 12.8.